The van der Waals surface area contributed by atoms with Crippen LogP contribution in [0.4, 0.5) is 5.69 Å². The molecule has 0 radical (unpaired) electrons. The minimum atomic E-state index is -0.722. The number of nitrogens with zero attached hydrogens (tertiary/aromatic N) is 2. The van der Waals surface area contributed by atoms with Gasteiger partial charge in [-0.15, -0.1) is 0 Å². The Morgan fingerprint density at radius 2 is 1.82 bits per heavy atom. The second kappa shape index (κ2) is 14.0. The third-order valence-electron chi connectivity index (χ3n) is 6.46. The van der Waals surface area contributed by atoms with Gasteiger partial charge in [0.1, 0.15) is 12.6 Å². The lowest BCUT2D eigenvalue weighted by atomic mass is 10.0. The molecule has 0 bridgehead atoms. The summed E-state index contributed by atoms with van der Waals surface area (Å²) in [5.74, 6) is 0.954. The minimum absolute atomic E-state index is 0.00708. The van der Waals surface area contributed by atoms with Gasteiger partial charge in [-0.1, -0.05) is 41.6 Å². The highest BCUT2D eigenvalue weighted by Crippen LogP contribution is 2.32. The average molecular weight is 534 g/mol. The Morgan fingerprint density at radius 3 is 2.51 bits per heavy atom. The lowest BCUT2D eigenvalue weighted by Crippen LogP contribution is -2.38. The Bertz CT molecular complexity index is 1230. The van der Waals surface area contributed by atoms with Gasteiger partial charge < -0.3 is 35.8 Å². The highest BCUT2D eigenvalue weighted by atomic mass is 16.5. The highest BCUT2D eigenvalue weighted by Gasteiger charge is 2.23. The van der Waals surface area contributed by atoms with Crippen molar-refractivity contribution >= 4 is 17.4 Å². The topological polar surface area (TPSA) is 131 Å². The molecule has 1 heterocycles. The zero-order chi connectivity index (χ0) is 27.5. The van der Waals surface area contributed by atoms with Crippen molar-refractivity contribution in [3.05, 3.63) is 89.5 Å². The first-order valence-corrected chi connectivity index (χ1v) is 12.8. The van der Waals surface area contributed by atoms with E-state index in [-0.39, 0.29) is 11.7 Å². The maximum Gasteiger partial charge on any atom is 0.247 e. The third-order valence-corrected chi connectivity index (χ3v) is 6.46. The number of nitrogens with two attached hydrogens (primary N) is 1. The Hall–Kier alpha value is -4.28. The molecule has 1 fully saturated rings. The summed E-state index contributed by atoms with van der Waals surface area (Å²) in [7, 11) is 1.58. The fourth-order valence-corrected chi connectivity index (χ4v) is 4.24. The quantitative estimate of drug-likeness (QED) is 0.121. The molecule has 0 aromatic heterocycles. The molecule has 206 valence electrons. The first-order chi connectivity index (χ1) is 19.1. The van der Waals surface area contributed by atoms with Gasteiger partial charge in [-0.3, -0.25) is 9.69 Å². The summed E-state index contributed by atoms with van der Waals surface area (Å²) in [6.07, 6.45) is 0. The van der Waals surface area contributed by atoms with E-state index in [1.54, 1.807) is 31.4 Å². The maximum atomic E-state index is 13.4. The van der Waals surface area contributed by atoms with Crippen molar-refractivity contribution in [1.82, 2.24) is 10.2 Å². The summed E-state index contributed by atoms with van der Waals surface area (Å²) in [6, 6.07) is 21.5. The van der Waals surface area contributed by atoms with E-state index in [2.05, 4.69) is 20.7 Å². The van der Waals surface area contributed by atoms with Gasteiger partial charge in [0.15, 0.2) is 17.3 Å². The Labute approximate surface area is 228 Å². The molecule has 4 rings (SSSR count). The number of anilines is 1. The van der Waals surface area contributed by atoms with Crippen molar-refractivity contribution in [1.29, 1.82) is 0 Å². The molecule has 1 saturated heterocycles. The average Bonchev–Trinajstić information content (AvgIpc) is 2.99. The van der Waals surface area contributed by atoms with Crippen molar-refractivity contribution in [2.45, 2.75) is 12.6 Å². The summed E-state index contributed by atoms with van der Waals surface area (Å²) >= 11 is 0. The molecule has 1 amide bonds. The van der Waals surface area contributed by atoms with Crippen LogP contribution in [0.2, 0.25) is 0 Å². The highest BCUT2D eigenvalue weighted by molar-refractivity contribution is 5.97. The molecule has 0 aliphatic carbocycles. The number of rotatable bonds is 12. The summed E-state index contributed by atoms with van der Waals surface area (Å²) in [5.41, 5.74) is 8.64. The Balaban J connectivity index is 1.51. The predicted octanol–water partition coefficient (Wildman–Crippen LogP) is 2.97. The van der Waals surface area contributed by atoms with Gasteiger partial charge in [0, 0.05) is 37.4 Å². The zero-order valence-corrected chi connectivity index (χ0v) is 22.0. The van der Waals surface area contributed by atoms with E-state index < -0.39 is 6.04 Å². The molecule has 1 unspecified atom stereocenters. The predicted molar refractivity (Wildman–Crippen MR) is 149 cm³/mol. The van der Waals surface area contributed by atoms with Crippen LogP contribution in [0.15, 0.2) is 78.0 Å². The largest absolute Gasteiger partial charge is 0.493 e. The van der Waals surface area contributed by atoms with Gasteiger partial charge in [0.25, 0.3) is 0 Å². The second-order valence-corrected chi connectivity index (χ2v) is 9.06. The van der Waals surface area contributed by atoms with Crippen LogP contribution >= 0.6 is 0 Å². The molecule has 3 aromatic carbocycles. The van der Waals surface area contributed by atoms with Crippen LogP contribution in [-0.2, 0) is 16.1 Å². The van der Waals surface area contributed by atoms with Gasteiger partial charge in [0.05, 0.1) is 20.3 Å². The van der Waals surface area contributed by atoms with Crippen LogP contribution in [0.5, 0.6) is 11.5 Å². The van der Waals surface area contributed by atoms with Crippen LogP contribution in [0.3, 0.4) is 0 Å². The van der Waals surface area contributed by atoms with Gasteiger partial charge >= 0.3 is 0 Å². The number of hydrogen-bond donors (Lipinski definition) is 4. The molecular weight excluding hydrogens is 498 g/mol. The number of benzene rings is 3. The molecular formula is C29H35N5O5. The number of oxime groups is 1. The van der Waals surface area contributed by atoms with Gasteiger partial charge in [-0.25, -0.2) is 0 Å². The van der Waals surface area contributed by atoms with Crippen molar-refractivity contribution in [3.8, 4) is 11.5 Å². The fraction of sp³-hybridized carbons (Fsp3) is 0.310. The van der Waals surface area contributed by atoms with Gasteiger partial charge in [-0.2, -0.15) is 0 Å². The summed E-state index contributed by atoms with van der Waals surface area (Å²) < 4.78 is 17.0. The maximum absolute atomic E-state index is 13.4. The standard InChI is InChI=1S/C29H35N5O5/c1-37-26-19-23(9-12-25(26)39-18-15-34-13-16-38-17-14-34)27(29(35)31-20-21-5-3-2-4-6-21)32-24-10-7-22(8-11-24)28(30)33-36/h2-12,19,27,32,36H,13-18,20H2,1H3,(H2,30,33)(H,31,35). The number of amidine groups is 1. The Kier molecular flexibility index (Phi) is 9.98. The molecule has 10 heteroatoms. The van der Waals surface area contributed by atoms with Gasteiger partial charge in [0.2, 0.25) is 5.91 Å². The monoisotopic (exact) mass is 533 g/mol. The minimum Gasteiger partial charge on any atom is -0.493 e. The lowest BCUT2D eigenvalue weighted by Gasteiger charge is -2.26. The number of ether oxygens (including phenoxy) is 3. The number of carbonyl (C=O) groups excluding carboxylic acids is 1. The number of amides is 1. The first kappa shape index (κ1) is 27.7. The van der Waals surface area contributed by atoms with Crippen molar-refractivity contribution in [2.75, 3.05) is 51.9 Å². The van der Waals surface area contributed by atoms with Crippen LogP contribution in [0, 0.1) is 0 Å². The molecule has 10 nitrogen and oxygen atoms in total. The number of hydrogen-bond acceptors (Lipinski definition) is 8. The van der Waals surface area contributed by atoms with E-state index in [0.29, 0.717) is 41.5 Å². The number of methoxy groups -OCH3 is 1. The van der Waals surface area contributed by atoms with Crippen LogP contribution in [0.1, 0.15) is 22.7 Å². The molecule has 1 aliphatic heterocycles. The number of nitrogens with one attached hydrogen (secondary N) is 2. The van der Waals surface area contributed by atoms with Crippen LogP contribution < -0.4 is 25.8 Å². The molecule has 5 N–H and O–H groups in total. The molecule has 0 saturated carbocycles. The molecule has 3 aromatic rings. The Morgan fingerprint density at radius 1 is 1.08 bits per heavy atom. The first-order valence-electron chi connectivity index (χ1n) is 12.8. The molecule has 1 atom stereocenters. The number of morpholine rings is 1. The normalized spacial score (nSPS) is 14.8. The number of carbonyl (C=O) groups is 1. The van der Waals surface area contributed by atoms with E-state index >= 15 is 0 Å². The summed E-state index contributed by atoms with van der Waals surface area (Å²) in [6.45, 7) is 4.97. The van der Waals surface area contributed by atoms with Crippen LogP contribution in [0.25, 0.3) is 0 Å². The summed E-state index contributed by atoms with van der Waals surface area (Å²) in [4.78, 5) is 15.7. The second-order valence-electron chi connectivity index (χ2n) is 9.06. The molecule has 0 spiro atoms. The van der Waals surface area contributed by atoms with E-state index in [0.717, 1.165) is 38.4 Å². The van der Waals surface area contributed by atoms with E-state index in [9.17, 15) is 4.79 Å². The lowest BCUT2D eigenvalue weighted by molar-refractivity contribution is -0.122. The smallest absolute Gasteiger partial charge is 0.247 e. The van der Waals surface area contributed by atoms with E-state index in [4.69, 9.17) is 25.2 Å². The van der Waals surface area contributed by atoms with Crippen molar-refractivity contribution in [2.24, 2.45) is 10.9 Å². The zero-order valence-electron chi connectivity index (χ0n) is 22.0. The molecule has 39 heavy (non-hydrogen) atoms. The fourth-order valence-electron chi connectivity index (χ4n) is 4.24. The van der Waals surface area contributed by atoms with E-state index in [1.165, 1.54) is 0 Å². The SMILES string of the molecule is COc1cc(C(Nc2ccc(C(N)=NO)cc2)C(=O)NCc2ccccc2)ccc1OCCN1CCOCC1. The van der Waals surface area contributed by atoms with Crippen molar-refractivity contribution in [3.63, 3.8) is 0 Å². The van der Waals surface area contributed by atoms with Crippen LogP contribution in [-0.4, -0.2) is 68.4 Å². The molecule has 1 aliphatic rings. The summed E-state index contributed by atoms with van der Waals surface area (Å²) in [5, 5.41) is 18.3. The van der Waals surface area contributed by atoms with E-state index in [1.807, 2.05) is 48.5 Å². The van der Waals surface area contributed by atoms with Gasteiger partial charge in [-0.05, 0) is 47.5 Å². The third kappa shape index (κ3) is 7.86. The van der Waals surface area contributed by atoms with Crippen molar-refractivity contribution < 1.29 is 24.2 Å².